The fourth-order valence-electron chi connectivity index (χ4n) is 2.79. The SMILES string of the molecule is CCN(CC)c1ccc(N=Nc2nc(C#N)c(C#N)n2CC)c(NS(=O)(=O)C(F)(F)F)c1. The normalized spacial score (nSPS) is 11.9. The van der Waals surface area contributed by atoms with Gasteiger partial charge in [-0.05, 0) is 39.0 Å². The van der Waals surface area contributed by atoms with Crippen molar-refractivity contribution in [2.45, 2.75) is 32.8 Å². The average Bonchev–Trinajstić information content (AvgIpc) is 3.09. The van der Waals surface area contributed by atoms with E-state index >= 15 is 0 Å². The minimum Gasteiger partial charge on any atom is -0.372 e. The third-order valence-corrected chi connectivity index (χ3v) is 5.48. The third kappa shape index (κ3) is 4.97. The van der Waals surface area contributed by atoms with Gasteiger partial charge in [0.1, 0.15) is 17.8 Å². The number of nitrogens with one attached hydrogen (secondary N) is 1. The molecule has 0 amide bonds. The van der Waals surface area contributed by atoms with Gasteiger partial charge in [0.15, 0.2) is 11.4 Å². The second kappa shape index (κ2) is 9.65. The van der Waals surface area contributed by atoms with E-state index in [1.165, 1.54) is 21.4 Å². The maximum Gasteiger partial charge on any atom is 0.516 e. The number of rotatable bonds is 8. The molecule has 0 radical (unpaired) electrons. The van der Waals surface area contributed by atoms with Crippen LogP contribution in [0.3, 0.4) is 0 Å². The van der Waals surface area contributed by atoms with Crippen molar-refractivity contribution in [1.29, 1.82) is 10.5 Å². The molecule has 0 saturated carbocycles. The maximum atomic E-state index is 12.9. The van der Waals surface area contributed by atoms with E-state index in [0.717, 1.165) is 0 Å². The number of nitrogens with zero attached hydrogens (tertiary/aromatic N) is 7. The highest BCUT2D eigenvalue weighted by Crippen LogP contribution is 2.35. The van der Waals surface area contributed by atoms with Crippen LogP contribution < -0.4 is 9.62 Å². The van der Waals surface area contributed by atoms with Crippen LogP contribution in [-0.4, -0.2) is 36.6 Å². The predicted octanol–water partition coefficient (Wildman–Crippen LogP) is 4.17. The first-order valence-electron chi connectivity index (χ1n) is 9.33. The molecule has 170 valence electrons. The number of hydrogen-bond acceptors (Lipinski definition) is 8. The molecule has 10 nitrogen and oxygen atoms in total. The molecule has 0 unspecified atom stereocenters. The highest BCUT2D eigenvalue weighted by Gasteiger charge is 2.46. The molecule has 32 heavy (non-hydrogen) atoms. The smallest absolute Gasteiger partial charge is 0.372 e. The van der Waals surface area contributed by atoms with Gasteiger partial charge in [0.25, 0.3) is 5.95 Å². The van der Waals surface area contributed by atoms with Crippen molar-refractivity contribution < 1.29 is 21.6 Å². The summed E-state index contributed by atoms with van der Waals surface area (Å²) >= 11 is 0. The van der Waals surface area contributed by atoms with Crippen molar-refractivity contribution in [2.75, 3.05) is 22.7 Å². The van der Waals surface area contributed by atoms with Crippen molar-refractivity contribution in [1.82, 2.24) is 9.55 Å². The van der Waals surface area contributed by atoms with Crippen LogP contribution in [0.15, 0.2) is 28.4 Å². The number of nitriles is 2. The van der Waals surface area contributed by atoms with Crippen molar-refractivity contribution in [3.63, 3.8) is 0 Å². The van der Waals surface area contributed by atoms with E-state index in [4.69, 9.17) is 5.26 Å². The second-order valence-electron chi connectivity index (χ2n) is 6.20. The first kappa shape index (κ1) is 24.6. The van der Waals surface area contributed by atoms with Crippen LogP contribution in [0, 0.1) is 22.7 Å². The lowest BCUT2D eigenvalue weighted by Gasteiger charge is -2.22. The zero-order valence-electron chi connectivity index (χ0n) is 17.3. The maximum absolute atomic E-state index is 12.9. The Labute approximate surface area is 182 Å². The zero-order valence-corrected chi connectivity index (χ0v) is 18.2. The number of benzene rings is 1. The number of aromatic nitrogens is 2. The summed E-state index contributed by atoms with van der Waals surface area (Å²) in [6, 6.07) is 7.67. The molecule has 0 spiro atoms. The van der Waals surface area contributed by atoms with E-state index in [0.29, 0.717) is 18.8 Å². The molecule has 0 aliphatic heterocycles. The minimum absolute atomic E-state index is 0.0428. The van der Waals surface area contributed by atoms with Crippen LogP contribution in [-0.2, 0) is 16.6 Å². The molecule has 0 saturated heterocycles. The monoisotopic (exact) mass is 468 g/mol. The van der Waals surface area contributed by atoms with Gasteiger partial charge >= 0.3 is 15.5 Å². The molecule has 1 aromatic carbocycles. The van der Waals surface area contributed by atoms with Crippen LogP contribution in [0.1, 0.15) is 32.2 Å². The molecule has 0 aliphatic carbocycles. The van der Waals surface area contributed by atoms with Crippen molar-refractivity contribution >= 4 is 33.0 Å². The largest absolute Gasteiger partial charge is 0.516 e. The summed E-state index contributed by atoms with van der Waals surface area (Å²) in [4.78, 5) is 5.69. The van der Waals surface area contributed by atoms with Gasteiger partial charge < -0.3 is 4.90 Å². The Morgan fingerprint density at radius 2 is 1.81 bits per heavy atom. The van der Waals surface area contributed by atoms with E-state index < -0.39 is 21.2 Å². The van der Waals surface area contributed by atoms with Gasteiger partial charge in [-0.1, -0.05) is 0 Å². The first-order valence-corrected chi connectivity index (χ1v) is 10.8. The van der Waals surface area contributed by atoms with Crippen molar-refractivity contribution in [3.05, 3.63) is 29.6 Å². The molecular formula is C18H19F3N8O2S. The van der Waals surface area contributed by atoms with E-state index in [1.807, 2.05) is 19.9 Å². The molecule has 0 fully saturated rings. The molecule has 1 aromatic heterocycles. The molecule has 1 N–H and O–H groups in total. The Balaban J connectivity index is 2.60. The Morgan fingerprint density at radius 3 is 2.31 bits per heavy atom. The Kier molecular flexibility index (Phi) is 7.43. The molecular weight excluding hydrogens is 449 g/mol. The molecule has 0 atom stereocenters. The minimum atomic E-state index is -5.71. The molecule has 2 aromatic rings. The summed E-state index contributed by atoms with van der Waals surface area (Å²) < 4.78 is 65.0. The number of imidazole rings is 1. The number of sulfonamides is 1. The van der Waals surface area contributed by atoms with Gasteiger partial charge in [-0.15, -0.1) is 10.2 Å². The van der Waals surface area contributed by atoms with E-state index in [2.05, 4.69) is 15.2 Å². The van der Waals surface area contributed by atoms with Gasteiger partial charge in [0, 0.05) is 25.3 Å². The Morgan fingerprint density at radius 1 is 1.16 bits per heavy atom. The molecule has 1 heterocycles. The van der Waals surface area contributed by atoms with Crippen LogP contribution in [0.4, 0.5) is 36.2 Å². The first-order chi connectivity index (χ1) is 15.0. The highest BCUT2D eigenvalue weighted by molar-refractivity contribution is 7.93. The Bertz CT molecular complexity index is 1200. The highest BCUT2D eigenvalue weighted by atomic mass is 32.2. The number of azo groups is 1. The fourth-order valence-corrected chi connectivity index (χ4v) is 3.36. The summed E-state index contributed by atoms with van der Waals surface area (Å²) in [5.41, 5.74) is -5.93. The number of halogens is 3. The standard InChI is InChI=1S/C18H19F3N8O2S/c1-4-28(5-2)12-7-8-13(14(9-12)27-32(30,31)18(19,20)21)25-26-17-24-15(10-22)16(11-23)29(17)6-3/h7-9,27H,4-6H2,1-3H3. The lowest BCUT2D eigenvalue weighted by atomic mass is 10.2. The van der Waals surface area contributed by atoms with Crippen molar-refractivity contribution in [3.8, 4) is 12.1 Å². The van der Waals surface area contributed by atoms with E-state index in [1.54, 1.807) is 24.0 Å². The topological polar surface area (TPSA) is 140 Å². The molecule has 2 rings (SSSR count). The van der Waals surface area contributed by atoms with Gasteiger partial charge in [-0.3, -0.25) is 9.29 Å². The summed E-state index contributed by atoms with van der Waals surface area (Å²) in [6.07, 6.45) is 0. The lowest BCUT2D eigenvalue weighted by molar-refractivity contribution is -0.0429. The van der Waals surface area contributed by atoms with Crippen LogP contribution >= 0.6 is 0 Å². The number of hydrogen-bond donors (Lipinski definition) is 1. The summed E-state index contributed by atoms with van der Waals surface area (Å²) in [7, 11) is -5.71. The van der Waals surface area contributed by atoms with Gasteiger partial charge in [0.05, 0.1) is 5.69 Å². The molecule has 0 bridgehead atoms. The Hall–Kier alpha value is -3.65. The second-order valence-corrected chi connectivity index (χ2v) is 7.88. The van der Waals surface area contributed by atoms with Crippen LogP contribution in [0.25, 0.3) is 0 Å². The fraction of sp³-hybridized carbons (Fsp3) is 0.389. The third-order valence-electron chi connectivity index (χ3n) is 4.38. The summed E-state index contributed by atoms with van der Waals surface area (Å²) in [5, 5.41) is 26.0. The molecule has 0 aliphatic rings. The van der Waals surface area contributed by atoms with Gasteiger partial charge in [-0.2, -0.15) is 37.1 Å². The van der Waals surface area contributed by atoms with Crippen LogP contribution in [0.2, 0.25) is 0 Å². The zero-order chi connectivity index (χ0) is 24.1. The van der Waals surface area contributed by atoms with E-state index in [9.17, 15) is 26.9 Å². The van der Waals surface area contributed by atoms with Gasteiger partial charge in [-0.25, -0.2) is 0 Å². The summed E-state index contributed by atoms with van der Waals surface area (Å²) in [5.74, 6) is -0.127. The number of alkyl halides is 3. The predicted molar refractivity (Wildman–Crippen MR) is 110 cm³/mol. The molecule has 14 heteroatoms. The van der Waals surface area contributed by atoms with Crippen molar-refractivity contribution in [2.24, 2.45) is 10.2 Å². The van der Waals surface area contributed by atoms with Crippen LogP contribution in [0.5, 0.6) is 0 Å². The van der Waals surface area contributed by atoms with Gasteiger partial charge in [0.2, 0.25) is 0 Å². The number of anilines is 2. The average molecular weight is 468 g/mol. The summed E-state index contributed by atoms with van der Waals surface area (Å²) in [6.45, 7) is 6.63. The van der Waals surface area contributed by atoms with E-state index in [-0.39, 0.29) is 29.6 Å². The lowest BCUT2D eigenvalue weighted by Crippen LogP contribution is -2.30. The quantitative estimate of drug-likeness (QED) is 0.577.